The number of benzene rings is 1. The molecule has 1 unspecified atom stereocenters. The van der Waals surface area contributed by atoms with Gasteiger partial charge in [0.25, 0.3) is 0 Å². The van der Waals surface area contributed by atoms with Crippen LogP contribution in [0.15, 0.2) is 24.3 Å². The molecule has 0 bridgehead atoms. The van der Waals surface area contributed by atoms with Gasteiger partial charge in [0.2, 0.25) is 0 Å². The van der Waals surface area contributed by atoms with E-state index in [1.54, 1.807) is 0 Å². The Labute approximate surface area is 96.2 Å². The normalized spacial score (nSPS) is 18.9. The van der Waals surface area contributed by atoms with Crippen molar-refractivity contribution < 1.29 is 0 Å². The third-order valence-electron chi connectivity index (χ3n) is 3.28. The van der Waals surface area contributed by atoms with Gasteiger partial charge in [0.05, 0.1) is 0 Å². The van der Waals surface area contributed by atoms with E-state index in [9.17, 15) is 0 Å². The van der Waals surface area contributed by atoms with Crippen LogP contribution in [0, 0.1) is 0 Å². The summed E-state index contributed by atoms with van der Waals surface area (Å²) in [6.07, 6.45) is 0. The van der Waals surface area contributed by atoms with Crippen molar-refractivity contribution in [3.8, 4) is 0 Å². The zero-order valence-electron chi connectivity index (χ0n) is 9.20. The number of likely N-dealkylation sites (N-methyl/N-ethyl adjacent to an activating group) is 1. The Morgan fingerprint density at radius 2 is 2.20 bits per heavy atom. The predicted octanol–water partition coefficient (Wildman–Crippen LogP) is 2.30. The van der Waals surface area contributed by atoms with E-state index in [1.165, 1.54) is 5.56 Å². The second kappa shape index (κ2) is 4.52. The number of halogens is 1. The molecular formula is C12H17ClN2. The highest BCUT2D eigenvalue weighted by atomic mass is 35.5. The van der Waals surface area contributed by atoms with Gasteiger partial charge in [-0.2, -0.15) is 0 Å². The second-order valence-electron chi connectivity index (χ2n) is 4.21. The molecule has 1 aromatic rings. The molecule has 0 amide bonds. The highest BCUT2D eigenvalue weighted by Crippen LogP contribution is 2.24. The van der Waals surface area contributed by atoms with Crippen molar-refractivity contribution in [2.75, 3.05) is 20.1 Å². The van der Waals surface area contributed by atoms with Crippen molar-refractivity contribution >= 4 is 11.6 Å². The monoisotopic (exact) mass is 224 g/mol. The molecule has 1 aliphatic heterocycles. The fourth-order valence-corrected chi connectivity index (χ4v) is 2.08. The molecule has 1 heterocycles. The van der Waals surface area contributed by atoms with Gasteiger partial charge in [-0.1, -0.05) is 23.7 Å². The summed E-state index contributed by atoms with van der Waals surface area (Å²) in [6.45, 7) is 4.42. The van der Waals surface area contributed by atoms with Gasteiger partial charge in [0, 0.05) is 30.2 Å². The lowest BCUT2D eigenvalue weighted by molar-refractivity contribution is 0.136. The van der Waals surface area contributed by atoms with Crippen molar-refractivity contribution in [1.82, 2.24) is 10.2 Å². The predicted molar refractivity (Wildman–Crippen MR) is 64.3 cm³/mol. The van der Waals surface area contributed by atoms with Crippen LogP contribution >= 0.6 is 11.6 Å². The summed E-state index contributed by atoms with van der Waals surface area (Å²) < 4.78 is 0. The van der Waals surface area contributed by atoms with Gasteiger partial charge >= 0.3 is 0 Å². The van der Waals surface area contributed by atoms with Crippen LogP contribution < -0.4 is 5.32 Å². The topological polar surface area (TPSA) is 15.3 Å². The first kappa shape index (κ1) is 10.9. The molecule has 1 saturated heterocycles. The van der Waals surface area contributed by atoms with E-state index in [-0.39, 0.29) is 0 Å². The molecule has 0 aromatic heterocycles. The summed E-state index contributed by atoms with van der Waals surface area (Å²) in [4.78, 5) is 2.40. The Bertz CT molecular complexity index is 336. The fraction of sp³-hybridized carbons (Fsp3) is 0.500. The average molecular weight is 225 g/mol. The summed E-state index contributed by atoms with van der Waals surface area (Å²) >= 11 is 5.99. The summed E-state index contributed by atoms with van der Waals surface area (Å²) in [7, 11) is 2.18. The van der Waals surface area contributed by atoms with E-state index in [0.29, 0.717) is 12.1 Å². The summed E-state index contributed by atoms with van der Waals surface area (Å²) in [6, 6.07) is 9.22. The summed E-state index contributed by atoms with van der Waals surface area (Å²) in [5.74, 6) is 0. The fourth-order valence-electron chi connectivity index (χ4n) is 1.88. The SMILES string of the molecule is CC(c1cccc(Cl)c1)N(C)C1CNC1. The van der Waals surface area contributed by atoms with E-state index in [2.05, 4.69) is 36.3 Å². The lowest BCUT2D eigenvalue weighted by atomic mass is 10.0. The first-order valence-corrected chi connectivity index (χ1v) is 5.74. The smallest absolute Gasteiger partial charge is 0.0409 e. The minimum Gasteiger partial charge on any atom is -0.314 e. The van der Waals surface area contributed by atoms with Crippen LogP contribution in [-0.2, 0) is 0 Å². The van der Waals surface area contributed by atoms with Crippen LogP contribution in [0.1, 0.15) is 18.5 Å². The highest BCUT2D eigenvalue weighted by Gasteiger charge is 2.25. The van der Waals surface area contributed by atoms with Gasteiger partial charge in [-0.25, -0.2) is 0 Å². The van der Waals surface area contributed by atoms with Gasteiger partial charge in [-0.15, -0.1) is 0 Å². The van der Waals surface area contributed by atoms with Crippen LogP contribution in [0.3, 0.4) is 0 Å². The van der Waals surface area contributed by atoms with E-state index < -0.39 is 0 Å². The maximum absolute atomic E-state index is 5.99. The molecule has 0 aliphatic carbocycles. The van der Waals surface area contributed by atoms with Crippen molar-refractivity contribution in [3.63, 3.8) is 0 Å². The minimum atomic E-state index is 0.427. The molecule has 3 heteroatoms. The summed E-state index contributed by atoms with van der Waals surface area (Å²) in [5, 5.41) is 4.11. The van der Waals surface area contributed by atoms with Crippen molar-refractivity contribution in [2.24, 2.45) is 0 Å². The van der Waals surface area contributed by atoms with Crippen LogP contribution in [0.4, 0.5) is 0 Å². The second-order valence-corrected chi connectivity index (χ2v) is 4.64. The Balaban J connectivity index is 2.08. The Kier molecular flexibility index (Phi) is 3.29. The van der Waals surface area contributed by atoms with Crippen LogP contribution in [0.5, 0.6) is 0 Å². The molecule has 1 N–H and O–H groups in total. The molecule has 15 heavy (non-hydrogen) atoms. The largest absolute Gasteiger partial charge is 0.314 e. The van der Waals surface area contributed by atoms with Crippen LogP contribution in [0.25, 0.3) is 0 Å². The zero-order valence-corrected chi connectivity index (χ0v) is 9.96. The molecule has 1 aromatic carbocycles. The van der Waals surface area contributed by atoms with E-state index in [0.717, 1.165) is 18.1 Å². The number of rotatable bonds is 3. The maximum atomic E-state index is 5.99. The molecule has 1 aliphatic rings. The molecular weight excluding hydrogens is 208 g/mol. The van der Waals surface area contributed by atoms with Crippen molar-refractivity contribution in [2.45, 2.75) is 19.0 Å². The number of nitrogens with zero attached hydrogens (tertiary/aromatic N) is 1. The van der Waals surface area contributed by atoms with Gasteiger partial charge in [0.15, 0.2) is 0 Å². The molecule has 82 valence electrons. The van der Waals surface area contributed by atoms with E-state index in [1.807, 2.05) is 12.1 Å². The van der Waals surface area contributed by atoms with Crippen LogP contribution in [0.2, 0.25) is 5.02 Å². The van der Waals surface area contributed by atoms with Gasteiger partial charge in [0.1, 0.15) is 0 Å². The minimum absolute atomic E-state index is 0.427. The van der Waals surface area contributed by atoms with Crippen LogP contribution in [-0.4, -0.2) is 31.1 Å². The molecule has 0 radical (unpaired) electrons. The number of hydrogen-bond donors (Lipinski definition) is 1. The Morgan fingerprint density at radius 1 is 1.47 bits per heavy atom. The Hall–Kier alpha value is -0.570. The molecule has 1 atom stereocenters. The van der Waals surface area contributed by atoms with E-state index >= 15 is 0 Å². The summed E-state index contributed by atoms with van der Waals surface area (Å²) in [5.41, 5.74) is 1.29. The first-order chi connectivity index (χ1) is 7.18. The number of nitrogens with one attached hydrogen (secondary N) is 1. The maximum Gasteiger partial charge on any atom is 0.0409 e. The lowest BCUT2D eigenvalue weighted by Crippen LogP contribution is -2.56. The standard InChI is InChI=1S/C12H17ClN2/c1-9(15(2)12-7-14-8-12)10-4-3-5-11(13)6-10/h3-6,9,12,14H,7-8H2,1-2H3. The third kappa shape index (κ3) is 2.33. The molecule has 2 nitrogen and oxygen atoms in total. The highest BCUT2D eigenvalue weighted by molar-refractivity contribution is 6.30. The van der Waals surface area contributed by atoms with Gasteiger partial charge < -0.3 is 5.32 Å². The Morgan fingerprint density at radius 3 is 2.73 bits per heavy atom. The first-order valence-electron chi connectivity index (χ1n) is 5.36. The third-order valence-corrected chi connectivity index (χ3v) is 3.51. The quantitative estimate of drug-likeness (QED) is 0.848. The molecule has 0 spiro atoms. The number of hydrogen-bond acceptors (Lipinski definition) is 2. The van der Waals surface area contributed by atoms with Crippen molar-refractivity contribution in [1.29, 1.82) is 0 Å². The molecule has 1 fully saturated rings. The van der Waals surface area contributed by atoms with E-state index in [4.69, 9.17) is 11.6 Å². The zero-order chi connectivity index (χ0) is 10.8. The molecule has 0 saturated carbocycles. The average Bonchev–Trinajstić information content (AvgIpc) is 2.14. The van der Waals surface area contributed by atoms with Gasteiger partial charge in [-0.3, -0.25) is 4.90 Å². The lowest BCUT2D eigenvalue weighted by Gasteiger charge is -2.39. The molecule has 2 rings (SSSR count). The van der Waals surface area contributed by atoms with Crippen molar-refractivity contribution in [3.05, 3.63) is 34.9 Å². The van der Waals surface area contributed by atoms with Gasteiger partial charge in [-0.05, 0) is 31.7 Å².